The van der Waals surface area contributed by atoms with Gasteiger partial charge in [0.2, 0.25) is 10.0 Å². The Labute approximate surface area is 242 Å². The third-order valence-electron chi connectivity index (χ3n) is 13.0. The SMILES string of the molecule is CC[C@H]1[C@@H](O)[C@@H]2[C@H](CC[C@]3(C)[C@@H]([C@H](C)CCCC(=O)CS(=O)(=O)N4CCOCC4)CC[C@@H]23)[C@@]2(C)CC[C@@H](O)C[C@@H]12. The van der Waals surface area contributed by atoms with Crippen LogP contribution >= 0.6 is 0 Å². The number of hydrogen-bond donors (Lipinski definition) is 2. The second-order valence-corrected chi connectivity index (χ2v) is 16.8. The minimum Gasteiger partial charge on any atom is -0.393 e. The Morgan fingerprint density at radius 1 is 1.00 bits per heavy atom. The van der Waals surface area contributed by atoms with Crippen molar-refractivity contribution in [3.63, 3.8) is 0 Å². The summed E-state index contributed by atoms with van der Waals surface area (Å²) in [5, 5.41) is 22.4. The maximum atomic E-state index is 12.6. The first-order chi connectivity index (χ1) is 18.9. The van der Waals surface area contributed by atoms with E-state index in [9.17, 15) is 23.4 Å². The number of aliphatic hydroxyl groups is 2. The first-order valence-electron chi connectivity index (χ1n) is 16.4. The lowest BCUT2D eigenvalue weighted by Gasteiger charge is -2.64. The van der Waals surface area contributed by atoms with Gasteiger partial charge in [-0.05, 0) is 104 Å². The van der Waals surface area contributed by atoms with Crippen molar-refractivity contribution in [3.05, 3.63) is 0 Å². The van der Waals surface area contributed by atoms with Gasteiger partial charge in [-0.25, -0.2) is 8.42 Å². The maximum absolute atomic E-state index is 12.6. The van der Waals surface area contributed by atoms with Crippen LogP contribution in [0.2, 0.25) is 0 Å². The van der Waals surface area contributed by atoms with Crippen molar-refractivity contribution < 1.29 is 28.2 Å². The van der Waals surface area contributed by atoms with E-state index in [1.807, 2.05) is 0 Å². The van der Waals surface area contributed by atoms with E-state index >= 15 is 0 Å². The van der Waals surface area contributed by atoms with Crippen LogP contribution in [0.1, 0.15) is 98.3 Å². The molecule has 1 saturated heterocycles. The van der Waals surface area contributed by atoms with Crippen LogP contribution < -0.4 is 0 Å². The highest BCUT2D eigenvalue weighted by Crippen LogP contribution is 2.69. The van der Waals surface area contributed by atoms with Crippen molar-refractivity contribution in [2.75, 3.05) is 32.1 Å². The molecule has 4 aliphatic carbocycles. The summed E-state index contributed by atoms with van der Waals surface area (Å²) < 4.78 is 31.9. The van der Waals surface area contributed by atoms with E-state index in [1.54, 1.807) is 0 Å². The van der Waals surface area contributed by atoms with Crippen LogP contribution in [0.3, 0.4) is 0 Å². The predicted molar refractivity (Wildman–Crippen MR) is 156 cm³/mol. The van der Waals surface area contributed by atoms with Crippen molar-refractivity contribution in [3.8, 4) is 0 Å². The Balaban J connectivity index is 1.21. The van der Waals surface area contributed by atoms with Gasteiger partial charge in [0.1, 0.15) is 11.5 Å². The predicted octanol–water partition coefficient (Wildman–Crippen LogP) is 4.65. The van der Waals surface area contributed by atoms with E-state index in [-0.39, 0.29) is 40.5 Å². The highest BCUT2D eigenvalue weighted by Gasteiger charge is 2.64. The summed E-state index contributed by atoms with van der Waals surface area (Å²) in [4.78, 5) is 12.6. The second kappa shape index (κ2) is 11.9. The average molecular weight is 582 g/mol. The van der Waals surface area contributed by atoms with Gasteiger partial charge in [-0.3, -0.25) is 4.79 Å². The monoisotopic (exact) mass is 581 g/mol. The molecule has 0 amide bonds. The number of sulfonamides is 1. The summed E-state index contributed by atoms with van der Waals surface area (Å²) in [5.74, 6) is 2.62. The average Bonchev–Trinajstić information content (AvgIpc) is 3.27. The number of carbonyl (C=O) groups is 1. The quantitative estimate of drug-likeness (QED) is 0.411. The van der Waals surface area contributed by atoms with Gasteiger partial charge in [-0.1, -0.05) is 40.5 Å². The third-order valence-corrected chi connectivity index (χ3v) is 14.8. The molecule has 1 aliphatic heterocycles. The van der Waals surface area contributed by atoms with Gasteiger partial charge in [-0.2, -0.15) is 4.31 Å². The fourth-order valence-electron chi connectivity index (χ4n) is 10.9. The zero-order valence-corrected chi connectivity index (χ0v) is 26.2. The number of fused-ring (bicyclic) bond motifs is 5. The van der Waals surface area contributed by atoms with E-state index in [1.165, 1.54) is 30.0 Å². The van der Waals surface area contributed by atoms with Crippen LogP contribution in [-0.4, -0.2) is 73.0 Å². The lowest BCUT2D eigenvalue weighted by molar-refractivity contribution is -0.203. The molecule has 230 valence electrons. The zero-order chi connectivity index (χ0) is 28.9. The summed E-state index contributed by atoms with van der Waals surface area (Å²) in [5.41, 5.74) is 0.428. The first-order valence-corrected chi connectivity index (χ1v) is 18.0. The summed E-state index contributed by atoms with van der Waals surface area (Å²) >= 11 is 0. The molecule has 0 unspecified atom stereocenters. The minimum atomic E-state index is -3.55. The molecule has 0 aromatic rings. The van der Waals surface area contributed by atoms with Crippen LogP contribution in [0.5, 0.6) is 0 Å². The normalized spacial score (nSPS) is 44.9. The second-order valence-electron chi connectivity index (χ2n) is 14.8. The molecule has 0 aromatic heterocycles. The number of carbonyl (C=O) groups excluding carboxylic acids is 1. The van der Waals surface area contributed by atoms with Gasteiger partial charge in [0, 0.05) is 19.5 Å². The van der Waals surface area contributed by atoms with Gasteiger partial charge >= 0.3 is 0 Å². The van der Waals surface area contributed by atoms with Gasteiger partial charge in [0.15, 0.2) is 0 Å². The largest absolute Gasteiger partial charge is 0.393 e. The summed E-state index contributed by atoms with van der Waals surface area (Å²) in [7, 11) is -3.55. The zero-order valence-electron chi connectivity index (χ0n) is 25.4. The Bertz CT molecular complexity index is 1010. The summed E-state index contributed by atoms with van der Waals surface area (Å²) in [6.45, 7) is 11.0. The van der Waals surface area contributed by atoms with Crippen molar-refractivity contribution in [1.29, 1.82) is 0 Å². The van der Waals surface area contributed by atoms with Crippen molar-refractivity contribution >= 4 is 15.8 Å². The Kier molecular flexibility index (Phi) is 9.16. The van der Waals surface area contributed by atoms with Crippen molar-refractivity contribution in [2.24, 2.45) is 52.3 Å². The Morgan fingerprint density at radius 2 is 1.68 bits per heavy atom. The topological polar surface area (TPSA) is 104 Å². The highest BCUT2D eigenvalue weighted by molar-refractivity contribution is 7.89. The van der Waals surface area contributed by atoms with Crippen molar-refractivity contribution in [1.82, 2.24) is 4.31 Å². The van der Waals surface area contributed by atoms with Gasteiger partial charge in [-0.15, -0.1) is 0 Å². The molecule has 1 heterocycles. The number of nitrogens with zero attached hydrogens (tertiary/aromatic N) is 1. The number of ether oxygens (including phenoxy) is 1. The maximum Gasteiger partial charge on any atom is 0.221 e. The lowest BCUT2D eigenvalue weighted by Crippen LogP contribution is -2.62. The van der Waals surface area contributed by atoms with Gasteiger partial charge in [0.25, 0.3) is 0 Å². The van der Waals surface area contributed by atoms with Crippen LogP contribution in [0.15, 0.2) is 0 Å². The van der Waals surface area contributed by atoms with Crippen LogP contribution in [0.4, 0.5) is 0 Å². The molecular weight excluding hydrogens is 526 g/mol. The lowest BCUT2D eigenvalue weighted by atomic mass is 9.41. The molecule has 40 heavy (non-hydrogen) atoms. The molecule has 0 bridgehead atoms. The molecule has 8 heteroatoms. The molecule has 2 N–H and O–H groups in total. The Morgan fingerprint density at radius 3 is 2.38 bits per heavy atom. The van der Waals surface area contributed by atoms with Gasteiger partial charge < -0.3 is 14.9 Å². The summed E-state index contributed by atoms with van der Waals surface area (Å²) in [6, 6.07) is 0. The number of rotatable bonds is 9. The first kappa shape index (κ1) is 30.9. The Hall–Kier alpha value is -0.540. The molecule has 0 spiro atoms. The number of Topliss-reactive ketones (excluding diaryl/α,β-unsaturated/α-hetero) is 1. The number of morpholine rings is 1. The van der Waals surface area contributed by atoms with E-state index in [0.717, 1.165) is 38.5 Å². The molecule has 0 aromatic carbocycles. The van der Waals surface area contributed by atoms with Crippen LogP contribution in [-0.2, 0) is 19.6 Å². The molecular formula is C32H55NO6S. The standard InChI is InChI=1S/C32H55NO6S/c1-5-24-28-19-22(34)11-13-32(28,4)27-12-14-31(3)25(9-10-26(31)29(27)30(24)36)21(2)7-6-8-23(35)20-40(37,38)33-15-17-39-18-16-33/h21-22,24-30,34,36H,5-20H2,1-4H3/t21-,22-,24-,25-,26+,27+,28+,29+,30-,31-,32-/m1/s1. The molecule has 0 radical (unpaired) electrons. The minimum absolute atomic E-state index is 0.175. The van der Waals surface area contributed by atoms with E-state index in [0.29, 0.717) is 68.2 Å². The molecule has 5 rings (SSSR count). The van der Waals surface area contributed by atoms with Crippen molar-refractivity contribution in [2.45, 2.75) is 111 Å². The molecule has 5 aliphatic rings. The van der Waals surface area contributed by atoms with Crippen LogP contribution in [0, 0.1) is 52.3 Å². The smallest absolute Gasteiger partial charge is 0.221 e. The van der Waals surface area contributed by atoms with E-state index in [2.05, 4.69) is 27.7 Å². The third kappa shape index (κ3) is 5.46. The molecule has 7 nitrogen and oxygen atoms in total. The number of aliphatic hydroxyl groups excluding tert-OH is 2. The molecule has 5 fully saturated rings. The molecule has 11 atom stereocenters. The number of hydrogen-bond acceptors (Lipinski definition) is 6. The van der Waals surface area contributed by atoms with Crippen LogP contribution in [0.25, 0.3) is 0 Å². The fraction of sp³-hybridized carbons (Fsp3) is 0.969. The number of ketones is 1. The van der Waals surface area contributed by atoms with E-state index < -0.39 is 10.0 Å². The fourth-order valence-corrected chi connectivity index (χ4v) is 12.4. The molecule has 4 saturated carbocycles. The van der Waals surface area contributed by atoms with E-state index in [4.69, 9.17) is 4.74 Å². The van der Waals surface area contributed by atoms with Gasteiger partial charge in [0.05, 0.1) is 25.4 Å². The highest BCUT2D eigenvalue weighted by atomic mass is 32.2. The summed E-state index contributed by atoms with van der Waals surface area (Å²) in [6.07, 6.45) is 10.1.